The Morgan fingerprint density at radius 1 is 1.27 bits per heavy atom. The smallest absolute Gasteiger partial charge is 0.411 e. The highest BCUT2D eigenvalue weighted by Crippen LogP contribution is 2.59. The van der Waals surface area contributed by atoms with Crippen LogP contribution in [0.25, 0.3) is 0 Å². The van der Waals surface area contributed by atoms with E-state index in [0.717, 1.165) is 5.56 Å². The molecule has 1 aromatic carbocycles. The third-order valence-corrected chi connectivity index (χ3v) is 4.77. The Balaban J connectivity index is 1.70. The fourth-order valence-corrected chi connectivity index (χ4v) is 3.67. The van der Waals surface area contributed by atoms with Crippen LogP contribution >= 0.6 is 0 Å². The molecule has 0 spiro atoms. The van der Waals surface area contributed by atoms with Gasteiger partial charge in [-0.1, -0.05) is 30.3 Å². The highest BCUT2D eigenvalue weighted by molar-refractivity contribution is 5.89. The van der Waals surface area contributed by atoms with Gasteiger partial charge in [-0.15, -0.1) is 0 Å². The molecule has 6 heteroatoms. The number of carbonyl (C=O) groups excluding carboxylic acids is 2. The van der Waals surface area contributed by atoms with Crippen LogP contribution in [-0.4, -0.2) is 42.7 Å². The molecule has 1 aromatic rings. The summed E-state index contributed by atoms with van der Waals surface area (Å²) in [5.41, 5.74) is 5.65. The molecule has 1 amide bonds. The SMILES string of the molecule is COC(=O)C12CC(CN)(CN1C(=O)OCc1ccccc1)C2. The van der Waals surface area contributed by atoms with Crippen molar-refractivity contribution < 1.29 is 19.1 Å². The van der Waals surface area contributed by atoms with Crippen LogP contribution < -0.4 is 5.73 Å². The van der Waals surface area contributed by atoms with E-state index in [1.54, 1.807) is 0 Å². The number of ether oxygens (including phenoxy) is 2. The van der Waals surface area contributed by atoms with E-state index in [1.165, 1.54) is 12.0 Å². The minimum Gasteiger partial charge on any atom is -0.467 e. The highest BCUT2D eigenvalue weighted by atomic mass is 16.6. The van der Waals surface area contributed by atoms with Crippen LogP contribution in [-0.2, 0) is 20.9 Å². The summed E-state index contributed by atoms with van der Waals surface area (Å²) >= 11 is 0. The fourth-order valence-electron chi connectivity index (χ4n) is 3.67. The number of methoxy groups -OCH3 is 1. The minimum atomic E-state index is -0.887. The second kappa shape index (κ2) is 5.28. The second-order valence-corrected chi connectivity index (χ2v) is 6.21. The van der Waals surface area contributed by atoms with Crippen LogP contribution in [0.1, 0.15) is 18.4 Å². The number of fused-ring (bicyclic) bond motifs is 1. The molecule has 6 nitrogen and oxygen atoms in total. The first-order valence-corrected chi connectivity index (χ1v) is 7.32. The van der Waals surface area contributed by atoms with Gasteiger partial charge in [-0.25, -0.2) is 9.59 Å². The van der Waals surface area contributed by atoms with E-state index in [4.69, 9.17) is 15.2 Å². The quantitative estimate of drug-likeness (QED) is 0.848. The molecule has 0 atom stereocenters. The molecule has 2 saturated heterocycles. The van der Waals surface area contributed by atoms with Crippen LogP contribution in [0.3, 0.4) is 0 Å². The molecule has 1 saturated carbocycles. The summed E-state index contributed by atoms with van der Waals surface area (Å²) in [4.78, 5) is 26.0. The predicted molar refractivity (Wildman–Crippen MR) is 78.8 cm³/mol. The zero-order valence-electron chi connectivity index (χ0n) is 12.6. The fraction of sp³-hybridized carbons (Fsp3) is 0.500. The molecule has 3 aliphatic rings. The zero-order chi connectivity index (χ0) is 15.8. The third-order valence-electron chi connectivity index (χ3n) is 4.77. The van der Waals surface area contributed by atoms with Crippen molar-refractivity contribution in [3.8, 4) is 0 Å². The van der Waals surface area contributed by atoms with E-state index in [0.29, 0.717) is 25.9 Å². The van der Waals surface area contributed by atoms with Gasteiger partial charge in [0.25, 0.3) is 0 Å². The van der Waals surface area contributed by atoms with Crippen molar-refractivity contribution in [3.05, 3.63) is 35.9 Å². The lowest BCUT2D eigenvalue weighted by molar-refractivity contribution is -0.157. The molecular formula is C16H20N2O4. The number of esters is 1. The van der Waals surface area contributed by atoms with Gasteiger partial charge < -0.3 is 15.2 Å². The first-order chi connectivity index (χ1) is 10.6. The first kappa shape index (κ1) is 14.8. The molecule has 2 N–H and O–H groups in total. The Kier molecular flexibility index (Phi) is 3.56. The lowest BCUT2D eigenvalue weighted by Gasteiger charge is -2.44. The van der Waals surface area contributed by atoms with E-state index < -0.39 is 11.6 Å². The van der Waals surface area contributed by atoms with Crippen molar-refractivity contribution in [1.29, 1.82) is 0 Å². The van der Waals surface area contributed by atoms with Crippen LogP contribution in [0, 0.1) is 5.41 Å². The van der Waals surface area contributed by atoms with Crippen LogP contribution in [0.5, 0.6) is 0 Å². The van der Waals surface area contributed by atoms with Gasteiger partial charge in [0.05, 0.1) is 7.11 Å². The van der Waals surface area contributed by atoms with Crippen molar-refractivity contribution in [1.82, 2.24) is 4.90 Å². The van der Waals surface area contributed by atoms with E-state index >= 15 is 0 Å². The number of amides is 1. The molecule has 2 aliphatic heterocycles. The molecule has 118 valence electrons. The van der Waals surface area contributed by atoms with E-state index in [-0.39, 0.29) is 18.0 Å². The van der Waals surface area contributed by atoms with Gasteiger partial charge in [0.1, 0.15) is 12.1 Å². The number of nitrogens with zero attached hydrogens (tertiary/aromatic N) is 1. The van der Waals surface area contributed by atoms with Crippen LogP contribution in [0.15, 0.2) is 30.3 Å². The molecule has 2 heterocycles. The molecule has 0 aromatic heterocycles. The number of hydrogen-bond donors (Lipinski definition) is 1. The van der Waals surface area contributed by atoms with Crippen molar-refractivity contribution >= 4 is 12.1 Å². The Morgan fingerprint density at radius 2 is 1.95 bits per heavy atom. The monoisotopic (exact) mass is 304 g/mol. The Hall–Kier alpha value is -2.08. The number of nitrogens with two attached hydrogens (primary N) is 1. The third kappa shape index (κ3) is 2.14. The van der Waals surface area contributed by atoms with Gasteiger partial charge in [-0.3, -0.25) is 4.90 Å². The van der Waals surface area contributed by atoms with E-state index in [2.05, 4.69) is 0 Å². The molecular weight excluding hydrogens is 284 g/mol. The molecule has 2 bridgehead atoms. The standard InChI is InChI=1S/C16H20N2O4/c1-21-13(19)16-8-15(9-16,10-17)11-18(16)14(20)22-7-12-5-3-2-4-6-12/h2-6H,7-11,17H2,1H3. The average Bonchev–Trinajstić information content (AvgIpc) is 3.04. The second-order valence-electron chi connectivity index (χ2n) is 6.21. The number of carbonyl (C=O) groups is 2. The van der Waals surface area contributed by atoms with E-state index in [9.17, 15) is 9.59 Å². The van der Waals surface area contributed by atoms with Gasteiger partial charge in [0.15, 0.2) is 0 Å². The van der Waals surface area contributed by atoms with Crippen molar-refractivity contribution in [2.45, 2.75) is 25.0 Å². The molecule has 3 fully saturated rings. The van der Waals surface area contributed by atoms with Gasteiger partial charge in [0, 0.05) is 12.0 Å². The summed E-state index contributed by atoms with van der Waals surface area (Å²) < 4.78 is 10.2. The lowest BCUT2D eigenvalue weighted by Crippen LogP contribution is -2.58. The van der Waals surface area contributed by atoms with Gasteiger partial charge in [-0.2, -0.15) is 0 Å². The molecule has 0 unspecified atom stereocenters. The highest BCUT2D eigenvalue weighted by Gasteiger charge is 2.71. The molecule has 22 heavy (non-hydrogen) atoms. The zero-order valence-corrected chi connectivity index (χ0v) is 12.6. The molecule has 1 aliphatic carbocycles. The molecule has 0 radical (unpaired) electrons. The predicted octanol–water partition coefficient (Wildman–Crippen LogP) is 1.29. The maximum atomic E-state index is 12.4. The topological polar surface area (TPSA) is 81.9 Å². The number of rotatable bonds is 4. The lowest BCUT2D eigenvalue weighted by atomic mass is 9.62. The summed E-state index contributed by atoms with van der Waals surface area (Å²) in [5, 5.41) is 0. The molecule has 4 rings (SSSR count). The largest absolute Gasteiger partial charge is 0.467 e. The van der Waals surface area contributed by atoms with Gasteiger partial charge in [0.2, 0.25) is 0 Å². The number of benzene rings is 1. The van der Waals surface area contributed by atoms with Gasteiger partial charge in [-0.05, 0) is 24.9 Å². The first-order valence-electron chi connectivity index (χ1n) is 7.32. The summed E-state index contributed by atoms with van der Waals surface area (Å²) in [5.74, 6) is -0.384. The summed E-state index contributed by atoms with van der Waals surface area (Å²) in [6.45, 7) is 1.09. The van der Waals surface area contributed by atoms with Crippen molar-refractivity contribution in [3.63, 3.8) is 0 Å². The average molecular weight is 304 g/mol. The maximum Gasteiger partial charge on any atom is 0.411 e. The van der Waals surface area contributed by atoms with Gasteiger partial charge >= 0.3 is 12.1 Å². The summed E-state index contributed by atoms with van der Waals surface area (Å²) in [7, 11) is 1.34. The Bertz CT molecular complexity index is 581. The summed E-state index contributed by atoms with van der Waals surface area (Å²) in [6.07, 6.45) is 0.634. The van der Waals surface area contributed by atoms with Crippen molar-refractivity contribution in [2.24, 2.45) is 11.1 Å². The van der Waals surface area contributed by atoms with Crippen LogP contribution in [0.2, 0.25) is 0 Å². The minimum absolute atomic E-state index is 0.167. The number of hydrogen-bond acceptors (Lipinski definition) is 5. The van der Waals surface area contributed by atoms with E-state index in [1.807, 2.05) is 30.3 Å². The van der Waals surface area contributed by atoms with Crippen LogP contribution in [0.4, 0.5) is 4.79 Å². The Morgan fingerprint density at radius 3 is 2.55 bits per heavy atom. The maximum absolute atomic E-state index is 12.4. The van der Waals surface area contributed by atoms with Crippen molar-refractivity contribution in [2.75, 3.05) is 20.2 Å². The Labute approximate surface area is 129 Å². The normalized spacial score (nSPS) is 28.9. The summed E-state index contributed by atoms with van der Waals surface area (Å²) in [6, 6.07) is 9.44.